The summed E-state index contributed by atoms with van der Waals surface area (Å²) in [5.74, 6) is 0.552. The highest BCUT2D eigenvalue weighted by Gasteiger charge is 2.16. The molecular formula is C12H11ClFN3O. The molecule has 18 heavy (non-hydrogen) atoms. The van der Waals surface area contributed by atoms with Crippen LogP contribution in [0.2, 0.25) is 5.02 Å². The average Bonchev–Trinajstić information content (AvgIpc) is 2.40. The van der Waals surface area contributed by atoms with Crippen molar-refractivity contribution in [1.29, 1.82) is 0 Å². The largest absolute Gasteiger partial charge is 0.491 e. The van der Waals surface area contributed by atoms with Gasteiger partial charge in [-0.1, -0.05) is 11.6 Å². The van der Waals surface area contributed by atoms with Gasteiger partial charge >= 0.3 is 0 Å². The summed E-state index contributed by atoms with van der Waals surface area (Å²) in [6.45, 7) is 0. The zero-order chi connectivity index (χ0) is 13.1. The predicted octanol–water partition coefficient (Wildman–Crippen LogP) is 2.99. The van der Waals surface area contributed by atoms with Crippen LogP contribution in [0.4, 0.5) is 10.2 Å². The van der Waals surface area contributed by atoms with Gasteiger partial charge in [0.2, 0.25) is 0 Å². The molecule has 2 aromatic rings. The summed E-state index contributed by atoms with van der Waals surface area (Å²) in [4.78, 5) is 8.13. The van der Waals surface area contributed by atoms with Crippen LogP contribution in [0.5, 0.6) is 5.75 Å². The molecule has 0 aliphatic carbocycles. The summed E-state index contributed by atoms with van der Waals surface area (Å²) in [5.41, 5.74) is 0.911. The summed E-state index contributed by atoms with van der Waals surface area (Å²) in [7, 11) is 3.21. The van der Waals surface area contributed by atoms with E-state index in [2.05, 4.69) is 15.3 Å². The van der Waals surface area contributed by atoms with Crippen LogP contribution in [0.3, 0.4) is 0 Å². The number of nitrogens with one attached hydrogen (secondary N) is 1. The first-order valence-corrected chi connectivity index (χ1v) is 5.57. The third kappa shape index (κ3) is 2.22. The number of aromatic nitrogens is 2. The van der Waals surface area contributed by atoms with Crippen molar-refractivity contribution >= 4 is 17.4 Å². The molecule has 0 radical (unpaired) electrons. The number of benzene rings is 1. The quantitative estimate of drug-likeness (QED) is 0.929. The number of rotatable bonds is 3. The van der Waals surface area contributed by atoms with Gasteiger partial charge in [0.1, 0.15) is 17.8 Å². The molecule has 1 aromatic heterocycles. The summed E-state index contributed by atoms with van der Waals surface area (Å²) < 4.78 is 18.5. The van der Waals surface area contributed by atoms with Crippen molar-refractivity contribution in [3.8, 4) is 17.0 Å². The maximum Gasteiger partial charge on any atom is 0.187 e. The molecule has 6 heteroatoms. The highest BCUT2D eigenvalue weighted by atomic mass is 35.5. The van der Waals surface area contributed by atoms with Gasteiger partial charge in [-0.05, 0) is 18.2 Å². The van der Waals surface area contributed by atoms with Crippen LogP contribution in [0.15, 0.2) is 24.5 Å². The first-order chi connectivity index (χ1) is 8.67. The third-order valence-corrected chi connectivity index (χ3v) is 2.76. The minimum atomic E-state index is -0.388. The zero-order valence-electron chi connectivity index (χ0n) is 9.87. The highest BCUT2D eigenvalue weighted by molar-refractivity contribution is 6.33. The van der Waals surface area contributed by atoms with Gasteiger partial charge < -0.3 is 10.1 Å². The Morgan fingerprint density at radius 2 is 2.11 bits per heavy atom. The molecule has 1 aromatic carbocycles. The zero-order valence-corrected chi connectivity index (χ0v) is 10.6. The van der Waals surface area contributed by atoms with E-state index in [0.29, 0.717) is 27.8 Å². The molecule has 1 N–H and O–H groups in total. The third-order valence-electron chi connectivity index (χ3n) is 2.43. The lowest BCUT2D eigenvalue weighted by atomic mass is 10.1. The average molecular weight is 268 g/mol. The van der Waals surface area contributed by atoms with Crippen molar-refractivity contribution in [3.63, 3.8) is 0 Å². The lowest BCUT2D eigenvalue weighted by Crippen LogP contribution is -2.01. The van der Waals surface area contributed by atoms with Crippen LogP contribution in [0, 0.1) is 5.82 Å². The minimum Gasteiger partial charge on any atom is -0.491 e. The van der Waals surface area contributed by atoms with E-state index in [-0.39, 0.29) is 5.82 Å². The topological polar surface area (TPSA) is 47.0 Å². The summed E-state index contributed by atoms with van der Waals surface area (Å²) in [6, 6.07) is 4.08. The van der Waals surface area contributed by atoms with Crippen LogP contribution in [-0.2, 0) is 0 Å². The normalized spacial score (nSPS) is 10.2. The van der Waals surface area contributed by atoms with Crippen molar-refractivity contribution in [2.24, 2.45) is 0 Å². The van der Waals surface area contributed by atoms with Gasteiger partial charge in [0, 0.05) is 12.6 Å². The van der Waals surface area contributed by atoms with E-state index < -0.39 is 0 Å². The monoisotopic (exact) mass is 267 g/mol. The SMILES string of the molecule is CNc1ncnc(-c2cc(F)ccc2Cl)c1OC. The standard InChI is InChI=1S/C12H11ClFN3O/c1-15-12-11(18-2)10(16-6-17-12)8-5-7(14)3-4-9(8)13/h3-6H,1-2H3,(H,15,16,17). The molecule has 0 saturated heterocycles. The maximum absolute atomic E-state index is 13.3. The second-order valence-corrected chi connectivity index (χ2v) is 3.89. The Morgan fingerprint density at radius 1 is 1.33 bits per heavy atom. The van der Waals surface area contributed by atoms with Crippen molar-refractivity contribution < 1.29 is 9.13 Å². The van der Waals surface area contributed by atoms with Gasteiger partial charge in [0.05, 0.1) is 12.1 Å². The summed E-state index contributed by atoms with van der Waals surface area (Å²) in [6.07, 6.45) is 1.37. The van der Waals surface area contributed by atoms with Crippen LogP contribution >= 0.6 is 11.6 Å². The molecule has 0 spiro atoms. The lowest BCUT2D eigenvalue weighted by molar-refractivity contribution is 0.415. The second-order valence-electron chi connectivity index (χ2n) is 3.48. The van der Waals surface area contributed by atoms with E-state index in [0.717, 1.165) is 0 Å². The number of methoxy groups -OCH3 is 1. The molecule has 0 saturated carbocycles. The predicted molar refractivity (Wildman–Crippen MR) is 68.5 cm³/mol. The van der Waals surface area contributed by atoms with Gasteiger partial charge in [-0.2, -0.15) is 0 Å². The number of ether oxygens (including phenoxy) is 1. The molecule has 1 heterocycles. The molecule has 0 aliphatic rings. The van der Waals surface area contributed by atoms with E-state index in [1.807, 2.05) is 0 Å². The Balaban J connectivity index is 2.66. The Hall–Kier alpha value is -1.88. The fraction of sp³-hybridized carbons (Fsp3) is 0.167. The molecular weight excluding hydrogens is 257 g/mol. The number of anilines is 1. The van der Waals surface area contributed by atoms with Crippen molar-refractivity contribution in [3.05, 3.63) is 35.4 Å². The Morgan fingerprint density at radius 3 is 2.78 bits per heavy atom. The van der Waals surface area contributed by atoms with E-state index in [4.69, 9.17) is 16.3 Å². The second kappa shape index (κ2) is 5.18. The molecule has 0 fully saturated rings. The lowest BCUT2D eigenvalue weighted by Gasteiger charge is -2.12. The highest BCUT2D eigenvalue weighted by Crippen LogP contribution is 2.36. The fourth-order valence-corrected chi connectivity index (χ4v) is 1.82. The number of nitrogens with zero attached hydrogens (tertiary/aromatic N) is 2. The molecule has 0 aliphatic heterocycles. The molecule has 0 bridgehead atoms. The van der Waals surface area contributed by atoms with Gasteiger partial charge in [0.15, 0.2) is 11.6 Å². The van der Waals surface area contributed by atoms with Crippen molar-refractivity contribution in [1.82, 2.24) is 9.97 Å². The number of halogens is 2. The summed E-state index contributed by atoms with van der Waals surface area (Å²) >= 11 is 6.05. The van der Waals surface area contributed by atoms with Crippen molar-refractivity contribution in [2.75, 3.05) is 19.5 Å². The number of hydrogen-bond donors (Lipinski definition) is 1. The summed E-state index contributed by atoms with van der Waals surface area (Å²) in [5, 5.41) is 3.28. The van der Waals surface area contributed by atoms with Gasteiger partial charge in [-0.3, -0.25) is 0 Å². The Bertz CT molecular complexity index is 577. The molecule has 0 amide bonds. The van der Waals surface area contributed by atoms with E-state index in [9.17, 15) is 4.39 Å². The van der Waals surface area contributed by atoms with E-state index in [1.165, 1.54) is 31.6 Å². The first kappa shape index (κ1) is 12.6. The van der Waals surface area contributed by atoms with Crippen LogP contribution in [0.25, 0.3) is 11.3 Å². The first-order valence-electron chi connectivity index (χ1n) is 5.19. The molecule has 0 unspecified atom stereocenters. The Labute approximate surface area is 109 Å². The fourth-order valence-electron chi connectivity index (χ4n) is 1.62. The molecule has 0 atom stereocenters. The van der Waals surface area contributed by atoms with E-state index in [1.54, 1.807) is 7.05 Å². The maximum atomic E-state index is 13.3. The Kier molecular flexibility index (Phi) is 3.62. The van der Waals surface area contributed by atoms with E-state index >= 15 is 0 Å². The smallest absolute Gasteiger partial charge is 0.187 e. The van der Waals surface area contributed by atoms with Gasteiger partial charge in [-0.25, -0.2) is 14.4 Å². The van der Waals surface area contributed by atoms with Crippen molar-refractivity contribution in [2.45, 2.75) is 0 Å². The molecule has 4 nitrogen and oxygen atoms in total. The van der Waals surface area contributed by atoms with Crippen LogP contribution < -0.4 is 10.1 Å². The van der Waals surface area contributed by atoms with Gasteiger partial charge in [0.25, 0.3) is 0 Å². The minimum absolute atomic E-state index is 0.388. The molecule has 94 valence electrons. The van der Waals surface area contributed by atoms with Crippen LogP contribution in [-0.4, -0.2) is 24.1 Å². The van der Waals surface area contributed by atoms with Crippen LogP contribution in [0.1, 0.15) is 0 Å². The van der Waals surface area contributed by atoms with Gasteiger partial charge in [-0.15, -0.1) is 0 Å². The number of hydrogen-bond acceptors (Lipinski definition) is 4. The molecule has 2 rings (SSSR count).